The average Bonchev–Trinajstić information content (AvgIpc) is 3.40. The molecule has 2 heterocycles. The topological polar surface area (TPSA) is 53.8 Å². The van der Waals surface area contributed by atoms with Crippen LogP contribution in [0, 0.1) is 0 Å². The summed E-state index contributed by atoms with van der Waals surface area (Å²) in [7, 11) is 0. The van der Waals surface area contributed by atoms with Gasteiger partial charge in [0.1, 0.15) is 12.3 Å². The van der Waals surface area contributed by atoms with Crippen LogP contribution >= 0.6 is 0 Å². The maximum atomic E-state index is 12.9. The van der Waals surface area contributed by atoms with Crippen LogP contribution in [0.5, 0.6) is 11.5 Å². The Balaban J connectivity index is 1.41. The van der Waals surface area contributed by atoms with Gasteiger partial charge in [-0.05, 0) is 28.8 Å². The van der Waals surface area contributed by atoms with Gasteiger partial charge >= 0.3 is 0 Å². The third-order valence-corrected chi connectivity index (χ3v) is 5.95. The van der Waals surface area contributed by atoms with Crippen molar-refractivity contribution < 1.29 is 19.5 Å². The third-order valence-electron chi connectivity index (χ3n) is 5.95. The predicted octanol–water partition coefficient (Wildman–Crippen LogP) is 3.22. The largest absolute Gasteiger partial charge is 0.872 e. The van der Waals surface area contributed by atoms with Crippen molar-refractivity contribution in [3.63, 3.8) is 0 Å². The highest BCUT2D eigenvalue weighted by Gasteiger charge is 2.31. The normalized spacial score (nSPS) is 17.3. The minimum absolute atomic E-state index is 0.0468. The molecule has 0 bridgehead atoms. The lowest BCUT2D eigenvalue weighted by molar-refractivity contribution is -0.901. The van der Waals surface area contributed by atoms with Crippen molar-refractivity contribution >= 4 is 11.9 Å². The number of hydrogen-bond donors (Lipinski definition) is 1. The van der Waals surface area contributed by atoms with E-state index in [4.69, 9.17) is 4.74 Å². The summed E-state index contributed by atoms with van der Waals surface area (Å²) in [6.45, 7) is 2.75. The van der Waals surface area contributed by atoms with Gasteiger partial charge in [0, 0.05) is 18.4 Å². The molecule has 2 aliphatic heterocycles. The van der Waals surface area contributed by atoms with E-state index in [9.17, 15) is 9.90 Å². The second-order valence-corrected chi connectivity index (χ2v) is 7.98. The zero-order chi connectivity index (χ0) is 20.5. The molecule has 1 fully saturated rings. The van der Waals surface area contributed by atoms with E-state index >= 15 is 0 Å². The molecule has 2 aliphatic rings. The molecule has 1 N–H and O–H groups in total. The van der Waals surface area contributed by atoms with Crippen LogP contribution in [-0.2, 0) is 6.54 Å². The van der Waals surface area contributed by atoms with Gasteiger partial charge in [-0.15, -0.1) is 0 Å². The molecular formula is C26H23NO3. The lowest BCUT2D eigenvalue weighted by Crippen LogP contribution is -3.08. The minimum atomic E-state index is -0.158. The van der Waals surface area contributed by atoms with Gasteiger partial charge in [-0.25, -0.2) is 0 Å². The van der Waals surface area contributed by atoms with E-state index in [-0.39, 0.29) is 17.3 Å². The zero-order valence-corrected chi connectivity index (χ0v) is 16.7. The maximum Gasteiger partial charge on any atom is 0.231 e. The van der Waals surface area contributed by atoms with Gasteiger partial charge < -0.3 is 14.7 Å². The standard InChI is InChI=1S/C26H23NO3/c28-23-13-12-21-25(29)24(30-26(21)22(23)17-27-14-4-5-15-27)16-18-8-10-20(11-9-18)19-6-2-1-3-7-19/h1-3,6-13,16,28H,4-5,14-15,17H2. The first-order chi connectivity index (χ1) is 14.7. The summed E-state index contributed by atoms with van der Waals surface area (Å²) in [5, 5.41) is 12.5. The van der Waals surface area contributed by atoms with E-state index in [0.29, 0.717) is 23.4 Å². The molecule has 4 nitrogen and oxygen atoms in total. The quantitative estimate of drug-likeness (QED) is 0.688. The first-order valence-electron chi connectivity index (χ1n) is 10.5. The van der Waals surface area contributed by atoms with Crippen molar-refractivity contribution in [2.45, 2.75) is 19.4 Å². The molecule has 150 valence electrons. The molecule has 0 aromatic heterocycles. The second-order valence-electron chi connectivity index (χ2n) is 7.98. The van der Waals surface area contributed by atoms with E-state index < -0.39 is 0 Å². The number of rotatable bonds is 4. The fourth-order valence-corrected chi connectivity index (χ4v) is 4.31. The van der Waals surface area contributed by atoms with Gasteiger partial charge in [0.15, 0.2) is 5.76 Å². The molecular weight excluding hydrogens is 374 g/mol. The van der Waals surface area contributed by atoms with Crippen LogP contribution in [0.25, 0.3) is 17.2 Å². The number of nitrogens with one attached hydrogen (secondary N) is 1. The molecule has 0 atom stereocenters. The van der Waals surface area contributed by atoms with E-state index in [1.54, 1.807) is 12.1 Å². The molecule has 3 aromatic rings. The summed E-state index contributed by atoms with van der Waals surface area (Å²) in [4.78, 5) is 14.3. The van der Waals surface area contributed by atoms with Crippen LogP contribution in [0.2, 0.25) is 0 Å². The number of ether oxygens (including phenoxy) is 1. The van der Waals surface area contributed by atoms with Gasteiger partial charge in [-0.3, -0.25) is 4.79 Å². The number of allylic oxidation sites excluding steroid dienone is 1. The molecule has 0 unspecified atom stereocenters. The maximum absolute atomic E-state index is 12.9. The van der Waals surface area contributed by atoms with Gasteiger partial charge in [0.2, 0.25) is 5.78 Å². The monoisotopic (exact) mass is 397 g/mol. The van der Waals surface area contributed by atoms with Crippen LogP contribution in [0.3, 0.4) is 0 Å². The lowest BCUT2D eigenvalue weighted by atomic mass is 10.0. The summed E-state index contributed by atoms with van der Waals surface area (Å²) in [5.41, 5.74) is 4.27. The number of likely N-dealkylation sites (tertiary alicyclic amines) is 1. The van der Waals surface area contributed by atoms with E-state index in [1.807, 2.05) is 42.5 Å². The van der Waals surface area contributed by atoms with Crippen molar-refractivity contribution in [2.75, 3.05) is 13.1 Å². The smallest absolute Gasteiger partial charge is 0.231 e. The van der Waals surface area contributed by atoms with Crippen LogP contribution in [0.1, 0.15) is 34.3 Å². The number of ketones is 1. The summed E-state index contributed by atoms with van der Waals surface area (Å²) in [6, 6.07) is 21.3. The van der Waals surface area contributed by atoms with Crippen LogP contribution in [0.4, 0.5) is 0 Å². The van der Waals surface area contributed by atoms with Crippen LogP contribution in [-0.4, -0.2) is 18.9 Å². The Kier molecular flexibility index (Phi) is 4.85. The van der Waals surface area contributed by atoms with Crippen LogP contribution < -0.4 is 14.7 Å². The number of carbonyl (C=O) groups excluding carboxylic acids is 1. The Morgan fingerprint density at radius 3 is 2.33 bits per heavy atom. The highest BCUT2D eigenvalue weighted by molar-refractivity contribution is 6.15. The van der Waals surface area contributed by atoms with Crippen LogP contribution in [0.15, 0.2) is 72.5 Å². The van der Waals surface area contributed by atoms with E-state index in [2.05, 4.69) is 12.1 Å². The third kappa shape index (κ3) is 3.51. The zero-order valence-electron chi connectivity index (χ0n) is 16.7. The Labute approximate surface area is 176 Å². The number of benzene rings is 3. The second kappa shape index (κ2) is 7.81. The van der Waals surface area contributed by atoms with Gasteiger partial charge in [0.25, 0.3) is 0 Å². The first-order valence-corrected chi connectivity index (χ1v) is 10.5. The Morgan fingerprint density at radius 1 is 0.900 bits per heavy atom. The van der Waals surface area contributed by atoms with E-state index in [1.165, 1.54) is 23.8 Å². The number of carbonyl (C=O) groups is 1. The Bertz CT molecular complexity index is 1110. The molecule has 30 heavy (non-hydrogen) atoms. The molecule has 0 saturated carbocycles. The van der Waals surface area contributed by atoms with Crippen molar-refractivity contribution in [3.05, 3.63) is 89.2 Å². The Hall–Kier alpha value is -3.37. The fourth-order valence-electron chi connectivity index (χ4n) is 4.31. The van der Waals surface area contributed by atoms with Crippen molar-refractivity contribution in [3.8, 4) is 22.6 Å². The number of fused-ring (bicyclic) bond motifs is 1. The van der Waals surface area contributed by atoms with Crippen molar-refractivity contribution in [1.82, 2.24) is 0 Å². The summed E-state index contributed by atoms with van der Waals surface area (Å²) in [6.07, 6.45) is 4.12. The molecule has 0 amide bonds. The molecule has 1 saturated heterocycles. The van der Waals surface area contributed by atoms with Crippen molar-refractivity contribution in [1.29, 1.82) is 0 Å². The van der Waals surface area contributed by atoms with Gasteiger partial charge in [0.05, 0.1) is 18.7 Å². The summed E-state index contributed by atoms with van der Waals surface area (Å²) in [5.74, 6) is 0.531. The number of Topliss-reactive ketones (excluding diaryl/α,β-unsaturated/α-hetero) is 1. The molecule has 0 spiro atoms. The number of hydrogen-bond acceptors (Lipinski definition) is 3. The van der Waals surface area contributed by atoms with Gasteiger partial charge in [-0.2, -0.15) is 0 Å². The lowest BCUT2D eigenvalue weighted by Gasteiger charge is -2.19. The average molecular weight is 397 g/mol. The van der Waals surface area contributed by atoms with Gasteiger partial charge in [-0.1, -0.05) is 66.4 Å². The molecule has 3 aromatic carbocycles. The molecule has 4 heteroatoms. The van der Waals surface area contributed by atoms with Crippen molar-refractivity contribution in [2.24, 2.45) is 0 Å². The summed E-state index contributed by atoms with van der Waals surface area (Å²) < 4.78 is 5.96. The Morgan fingerprint density at radius 2 is 1.60 bits per heavy atom. The highest BCUT2D eigenvalue weighted by Crippen LogP contribution is 2.38. The first kappa shape index (κ1) is 18.6. The summed E-state index contributed by atoms with van der Waals surface area (Å²) >= 11 is 0. The minimum Gasteiger partial charge on any atom is -0.872 e. The number of quaternary nitrogens is 1. The van der Waals surface area contributed by atoms with E-state index in [0.717, 1.165) is 29.8 Å². The molecule has 5 rings (SSSR count). The predicted molar refractivity (Wildman–Crippen MR) is 114 cm³/mol. The highest BCUT2D eigenvalue weighted by atomic mass is 16.5. The fraction of sp³-hybridized carbons (Fsp3) is 0.192. The molecule has 0 aliphatic carbocycles. The molecule has 0 radical (unpaired) electrons. The SMILES string of the molecule is O=C1C(=Cc2ccc(-c3ccccc3)cc2)Oc2c1ccc([O-])c2C[NH+]1CCCC1.